The molecular weight excluding hydrogens is 706 g/mol. The summed E-state index contributed by atoms with van der Waals surface area (Å²) in [4.78, 5) is 40.1. The lowest BCUT2D eigenvalue weighted by atomic mass is 10.1. The first-order valence-electron chi connectivity index (χ1n) is 16.2. The number of aromatic nitrogens is 4. The van der Waals surface area contributed by atoms with Gasteiger partial charge in [0, 0.05) is 27.9 Å². The molecule has 14 nitrogen and oxygen atoms in total. The minimum atomic E-state index is -4.67. The number of hydrogen-bond donors (Lipinski definition) is 3. The monoisotopic (exact) mass is 739 g/mol. The van der Waals surface area contributed by atoms with Crippen molar-refractivity contribution in [1.29, 1.82) is 0 Å². The normalized spacial score (nSPS) is 11.4. The van der Waals surface area contributed by atoms with Gasteiger partial charge in [-0.15, -0.1) is 0 Å². The zero-order valence-corrected chi connectivity index (χ0v) is 29.8. The number of anilines is 4. The van der Waals surface area contributed by atoms with Crippen LogP contribution in [0.25, 0.3) is 10.9 Å². The van der Waals surface area contributed by atoms with Gasteiger partial charge in [-0.3, -0.25) is 9.48 Å². The number of carbonyl (C=O) groups excluding carboxylic acids is 2. The number of sulfonamides is 1. The fourth-order valence-electron chi connectivity index (χ4n) is 5.24. The molecule has 0 unspecified atom stereocenters. The van der Waals surface area contributed by atoms with E-state index < -0.39 is 26.9 Å². The van der Waals surface area contributed by atoms with Gasteiger partial charge in [0.15, 0.2) is 11.6 Å². The van der Waals surface area contributed by atoms with Gasteiger partial charge in [0.05, 0.1) is 43.2 Å². The number of nitrogens with one attached hydrogen (secondary N) is 3. The lowest BCUT2D eigenvalue weighted by Crippen LogP contribution is -2.33. The van der Waals surface area contributed by atoms with E-state index in [9.17, 15) is 22.4 Å². The van der Waals surface area contributed by atoms with Crippen molar-refractivity contribution in [2.45, 2.75) is 33.4 Å². The number of carbonyl (C=O) groups is 2. The van der Waals surface area contributed by atoms with Crippen LogP contribution < -0.4 is 25.0 Å². The Labute approximate surface area is 304 Å². The van der Waals surface area contributed by atoms with E-state index in [-0.39, 0.29) is 35.5 Å². The minimum absolute atomic E-state index is 0.0151. The third-order valence-corrected chi connectivity index (χ3v) is 8.84. The van der Waals surface area contributed by atoms with Gasteiger partial charge in [-0.25, -0.2) is 22.6 Å². The number of rotatable bonds is 13. The Balaban J connectivity index is 1.14. The summed E-state index contributed by atoms with van der Waals surface area (Å²) in [5, 5.41) is 10.2. The van der Waals surface area contributed by atoms with Gasteiger partial charge >= 0.3 is 16.0 Å². The maximum absolute atomic E-state index is 14.7. The highest BCUT2D eigenvalue weighted by Gasteiger charge is 2.27. The number of aryl methyl sites for hydroxylation is 1. The molecular formula is C37H34FN7O7S. The van der Waals surface area contributed by atoms with E-state index in [0.717, 1.165) is 17.1 Å². The van der Waals surface area contributed by atoms with Crippen LogP contribution in [-0.4, -0.2) is 52.5 Å². The average molecular weight is 740 g/mol. The zero-order valence-electron chi connectivity index (χ0n) is 29.0. The van der Waals surface area contributed by atoms with Crippen molar-refractivity contribution in [2.75, 3.05) is 17.7 Å². The van der Waals surface area contributed by atoms with Crippen molar-refractivity contribution in [3.8, 4) is 11.5 Å². The second-order valence-electron chi connectivity index (χ2n) is 12.0. The van der Waals surface area contributed by atoms with Gasteiger partial charge in [-0.05, 0) is 91.9 Å². The van der Waals surface area contributed by atoms with Crippen molar-refractivity contribution >= 4 is 55.2 Å². The van der Waals surface area contributed by atoms with Gasteiger partial charge in [0.1, 0.15) is 11.5 Å². The maximum atomic E-state index is 14.7. The van der Waals surface area contributed by atoms with E-state index in [2.05, 4.69) is 25.7 Å². The molecule has 6 rings (SSSR count). The van der Waals surface area contributed by atoms with Crippen molar-refractivity contribution in [3.05, 3.63) is 125 Å². The Morgan fingerprint density at radius 2 is 1.68 bits per heavy atom. The molecule has 3 N–H and O–H groups in total. The number of halogens is 1. The second-order valence-corrected chi connectivity index (χ2v) is 13.6. The highest BCUT2D eigenvalue weighted by molar-refractivity contribution is 8.04. The van der Waals surface area contributed by atoms with E-state index in [0.29, 0.717) is 34.0 Å². The van der Waals surface area contributed by atoms with E-state index in [1.54, 1.807) is 65.2 Å². The molecule has 0 aliphatic heterocycles. The summed E-state index contributed by atoms with van der Waals surface area (Å²) < 4.78 is 52.6. The van der Waals surface area contributed by atoms with Crippen LogP contribution in [0.2, 0.25) is 0 Å². The molecule has 272 valence electrons. The predicted octanol–water partition coefficient (Wildman–Crippen LogP) is 6.44. The van der Waals surface area contributed by atoms with Gasteiger partial charge in [-0.1, -0.05) is 24.3 Å². The molecule has 2 heterocycles. The molecule has 0 saturated heterocycles. The zero-order chi connectivity index (χ0) is 37.7. The average Bonchev–Trinajstić information content (AvgIpc) is 3.54. The highest BCUT2D eigenvalue weighted by Crippen LogP contribution is 2.27. The molecule has 0 aliphatic carbocycles. The van der Waals surface area contributed by atoms with E-state index in [4.69, 9.17) is 14.3 Å². The van der Waals surface area contributed by atoms with Crippen LogP contribution in [-0.2, 0) is 21.4 Å². The summed E-state index contributed by atoms with van der Waals surface area (Å²) in [6.07, 6.45) is 2.79. The van der Waals surface area contributed by atoms with Crippen LogP contribution in [0.15, 0.2) is 97.3 Å². The molecule has 53 heavy (non-hydrogen) atoms. The summed E-state index contributed by atoms with van der Waals surface area (Å²) in [6.45, 7) is 5.68. The largest absolute Gasteiger partial charge is 0.496 e. The number of hydrogen-bond acceptors (Lipinski definition) is 12. The summed E-state index contributed by atoms with van der Waals surface area (Å²) in [7, 11) is -3.26. The van der Waals surface area contributed by atoms with Crippen molar-refractivity contribution in [3.63, 3.8) is 0 Å². The molecule has 16 heteroatoms. The van der Waals surface area contributed by atoms with Crippen LogP contribution in [0.4, 0.5) is 27.5 Å². The fourth-order valence-corrected chi connectivity index (χ4v) is 6.02. The van der Waals surface area contributed by atoms with Crippen molar-refractivity contribution < 1.29 is 36.7 Å². The Hall–Kier alpha value is -6.39. The number of methoxy groups -OCH3 is 1. The summed E-state index contributed by atoms with van der Waals surface area (Å²) in [6, 6.07) is 23.2. The first kappa shape index (κ1) is 36.4. The standard InChI is InChI=1S/C37H34FN7O7S/c1-22(2)51-29-15-13-27(14-16-29)41-34-31(38)20-39-37(43-34)42-28-12-11-25-19-40-45(32(25)18-28)21-26-10-9-24(17-33(26)50-4)35(46)52-44-53(48,49)36(47)30-8-6-5-7-23(30)3/h5-20,22,44H,21H2,1-4H3,(H2,39,41,42,43). The predicted molar refractivity (Wildman–Crippen MR) is 196 cm³/mol. The molecule has 0 saturated carbocycles. The first-order valence-corrected chi connectivity index (χ1v) is 17.7. The topological polar surface area (TPSA) is 176 Å². The van der Waals surface area contributed by atoms with Gasteiger partial charge < -0.3 is 24.9 Å². The van der Waals surface area contributed by atoms with Crippen LogP contribution in [0.3, 0.4) is 0 Å². The number of ether oxygens (including phenoxy) is 2. The Morgan fingerprint density at radius 3 is 2.42 bits per heavy atom. The number of fused-ring (bicyclic) bond motifs is 1. The quantitative estimate of drug-likeness (QED) is 0.111. The molecule has 2 aromatic heterocycles. The Kier molecular flexibility index (Phi) is 10.6. The van der Waals surface area contributed by atoms with Crippen LogP contribution in [0.1, 0.15) is 45.7 Å². The lowest BCUT2D eigenvalue weighted by molar-refractivity contribution is 0.0407. The van der Waals surface area contributed by atoms with Crippen molar-refractivity contribution in [1.82, 2.24) is 24.6 Å². The summed E-state index contributed by atoms with van der Waals surface area (Å²) >= 11 is 0. The van der Waals surface area contributed by atoms with Crippen molar-refractivity contribution in [2.24, 2.45) is 0 Å². The Morgan fingerprint density at radius 1 is 0.925 bits per heavy atom. The van der Waals surface area contributed by atoms with E-state index >= 15 is 0 Å². The third kappa shape index (κ3) is 8.57. The third-order valence-electron chi connectivity index (χ3n) is 7.83. The second kappa shape index (κ2) is 15.5. The SMILES string of the molecule is COc1cc(C(=O)ONS(=O)(=O)C(=O)c2ccccc2C)ccc1Cn1ncc2ccc(Nc3ncc(F)c(Nc4ccc(OC(C)C)cc4)n3)cc21. The Bertz CT molecular complexity index is 2420. The minimum Gasteiger partial charge on any atom is -0.496 e. The molecule has 6 aromatic rings. The molecule has 4 aromatic carbocycles. The molecule has 0 atom stereocenters. The molecule has 0 bridgehead atoms. The molecule has 0 radical (unpaired) electrons. The van der Waals surface area contributed by atoms with Gasteiger partial charge in [-0.2, -0.15) is 10.1 Å². The number of benzene rings is 4. The smallest absolute Gasteiger partial charge is 0.357 e. The van der Waals surface area contributed by atoms with Gasteiger partial charge in [0.2, 0.25) is 5.95 Å². The summed E-state index contributed by atoms with van der Waals surface area (Å²) in [5.74, 6) is -0.540. The first-order chi connectivity index (χ1) is 25.4. The molecule has 0 amide bonds. The fraction of sp³-hybridized carbons (Fsp3) is 0.162. The van der Waals surface area contributed by atoms with Crippen LogP contribution in [0, 0.1) is 12.7 Å². The number of nitrogens with zero attached hydrogens (tertiary/aromatic N) is 4. The molecule has 0 spiro atoms. The van der Waals surface area contributed by atoms with Crippen LogP contribution >= 0.6 is 0 Å². The van der Waals surface area contributed by atoms with E-state index in [1.807, 2.05) is 32.0 Å². The maximum Gasteiger partial charge on any atom is 0.357 e. The van der Waals surface area contributed by atoms with E-state index in [1.165, 1.54) is 31.4 Å². The van der Waals surface area contributed by atoms with Gasteiger partial charge in [0.25, 0.3) is 5.12 Å². The highest BCUT2D eigenvalue weighted by atomic mass is 32.2. The molecule has 0 fully saturated rings. The molecule has 0 aliphatic rings. The van der Waals surface area contributed by atoms with Crippen LogP contribution in [0.5, 0.6) is 11.5 Å². The summed E-state index contributed by atoms with van der Waals surface area (Å²) in [5.41, 5.74) is 2.98. The lowest BCUT2D eigenvalue weighted by Gasteiger charge is -2.13.